The van der Waals surface area contributed by atoms with Gasteiger partial charge in [-0.2, -0.15) is 0 Å². The number of benzene rings is 1. The summed E-state index contributed by atoms with van der Waals surface area (Å²) in [6.07, 6.45) is 0.733. The Morgan fingerprint density at radius 2 is 1.74 bits per heavy atom. The Bertz CT molecular complexity index is 382. The zero-order chi connectivity index (χ0) is 14.3. The van der Waals surface area contributed by atoms with Crippen LogP contribution >= 0.6 is 0 Å². The van der Waals surface area contributed by atoms with Gasteiger partial charge in [0, 0.05) is 18.8 Å². The number of hydrogen-bond acceptors (Lipinski definition) is 3. The van der Waals surface area contributed by atoms with Crippen LogP contribution in [-0.2, 0) is 16.0 Å². The van der Waals surface area contributed by atoms with Crippen LogP contribution in [0.1, 0.15) is 33.3 Å². The van der Waals surface area contributed by atoms with Gasteiger partial charge in [0.2, 0.25) is 0 Å². The van der Waals surface area contributed by atoms with Crippen LogP contribution in [0.4, 0.5) is 5.69 Å². The monoisotopic (exact) mass is 263 g/mol. The fourth-order valence-corrected chi connectivity index (χ4v) is 2.15. The number of rotatable bonds is 7. The second-order valence-electron chi connectivity index (χ2n) is 4.70. The normalized spacial score (nSPS) is 12.0. The van der Waals surface area contributed by atoms with Gasteiger partial charge in [-0.15, -0.1) is 0 Å². The molecule has 1 aromatic carbocycles. The number of esters is 1. The molecule has 0 heterocycles. The van der Waals surface area contributed by atoms with Crippen LogP contribution in [0.25, 0.3) is 0 Å². The lowest BCUT2D eigenvalue weighted by Crippen LogP contribution is -2.21. The molecule has 1 aromatic rings. The van der Waals surface area contributed by atoms with E-state index in [0.29, 0.717) is 6.61 Å². The van der Waals surface area contributed by atoms with Gasteiger partial charge in [-0.3, -0.25) is 4.79 Å². The van der Waals surface area contributed by atoms with Crippen molar-refractivity contribution in [3.8, 4) is 0 Å². The van der Waals surface area contributed by atoms with Crippen molar-refractivity contribution in [1.29, 1.82) is 0 Å². The van der Waals surface area contributed by atoms with Gasteiger partial charge in [-0.25, -0.2) is 0 Å². The summed E-state index contributed by atoms with van der Waals surface area (Å²) in [6, 6.07) is 8.45. The van der Waals surface area contributed by atoms with E-state index in [1.54, 1.807) is 0 Å². The molecule has 106 valence electrons. The minimum Gasteiger partial charge on any atom is -0.466 e. The zero-order valence-electron chi connectivity index (χ0n) is 12.5. The molecular formula is C16H25NO2. The van der Waals surface area contributed by atoms with Gasteiger partial charge in [0.15, 0.2) is 0 Å². The second kappa shape index (κ2) is 7.82. The van der Waals surface area contributed by atoms with Crippen LogP contribution in [0.15, 0.2) is 24.3 Å². The van der Waals surface area contributed by atoms with E-state index < -0.39 is 0 Å². The fourth-order valence-electron chi connectivity index (χ4n) is 2.15. The molecule has 0 amide bonds. The van der Waals surface area contributed by atoms with E-state index in [1.165, 1.54) is 11.3 Å². The van der Waals surface area contributed by atoms with E-state index in [-0.39, 0.29) is 11.9 Å². The van der Waals surface area contributed by atoms with Gasteiger partial charge in [0.1, 0.15) is 0 Å². The third kappa shape index (κ3) is 4.58. The van der Waals surface area contributed by atoms with Crippen molar-refractivity contribution < 1.29 is 9.53 Å². The average Bonchev–Trinajstić information content (AvgIpc) is 2.42. The molecule has 0 spiro atoms. The topological polar surface area (TPSA) is 29.5 Å². The van der Waals surface area contributed by atoms with E-state index in [1.807, 2.05) is 13.8 Å². The number of anilines is 1. The van der Waals surface area contributed by atoms with E-state index in [0.717, 1.165) is 19.5 Å². The molecule has 1 atom stereocenters. The van der Waals surface area contributed by atoms with E-state index in [9.17, 15) is 4.79 Å². The molecule has 19 heavy (non-hydrogen) atoms. The minimum absolute atomic E-state index is 0.0840. The van der Waals surface area contributed by atoms with Crippen LogP contribution in [0.5, 0.6) is 0 Å². The average molecular weight is 263 g/mol. The molecule has 0 bridgehead atoms. The van der Waals surface area contributed by atoms with E-state index in [4.69, 9.17) is 4.74 Å². The van der Waals surface area contributed by atoms with Crippen LogP contribution in [-0.4, -0.2) is 25.7 Å². The predicted molar refractivity (Wildman–Crippen MR) is 79.5 cm³/mol. The Labute approximate surface area is 116 Å². The summed E-state index contributed by atoms with van der Waals surface area (Å²) in [5, 5.41) is 0. The van der Waals surface area contributed by atoms with Crippen molar-refractivity contribution in [3.63, 3.8) is 0 Å². The maximum absolute atomic E-state index is 11.6. The molecule has 0 aromatic heterocycles. The van der Waals surface area contributed by atoms with Gasteiger partial charge < -0.3 is 9.64 Å². The first-order chi connectivity index (χ1) is 9.12. The van der Waals surface area contributed by atoms with Crippen molar-refractivity contribution in [1.82, 2.24) is 0 Å². The van der Waals surface area contributed by atoms with Crippen LogP contribution in [0.2, 0.25) is 0 Å². The van der Waals surface area contributed by atoms with Gasteiger partial charge in [0.05, 0.1) is 12.5 Å². The number of ether oxygens (including phenoxy) is 1. The molecule has 0 fully saturated rings. The molecule has 0 aliphatic heterocycles. The Balaban J connectivity index is 2.64. The summed E-state index contributed by atoms with van der Waals surface area (Å²) in [7, 11) is 0. The molecule has 1 unspecified atom stereocenters. The van der Waals surface area contributed by atoms with Gasteiger partial charge >= 0.3 is 5.97 Å². The molecule has 0 N–H and O–H groups in total. The van der Waals surface area contributed by atoms with Gasteiger partial charge in [-0.1, -0.05) is 19.1 Å². The summed E-state index contributed by atoms with van der Waals surface area (Å²) >= 11 is 0. The minimum atomic E-state index is -0.115. The lowest BCUT2D eigenvalue weighted by Gasteiger charge is -2.21. The highest BCUT2D eigenvalue weighted by Gasteiger charge is 2.14. The first kappa shape index (κ1) is 15.5. The van der Waals surface area contributed by atoms with Crippen LogP contribution < -0.4 is 4.90 Å². The van der Waals surface area contributed by atoms with E-state index >= 15 is 0 Å². The summed E-state index contributed by atoms with van der Waals surface area (Å²) in [5.41, 5.74) is 2.41. The number of nitrogens with zero attached hydrogens (tertiary/aromatic N) is 1. The highest BCUT2D eigenvalue weighted by atomic mass is 16.5. The molecule has 1 rings (SSSR count). The number of carbonyl (C=O) groups is 1. The molecule has 0 aliphatic rings. The van der Waals surface area contributed by atoms with Crippen LogP contribution in [0, 0.1) is 5.92 Å². The van der Waals surface area contributed by atoms with E-state index in [2.05, 4.69) is 43.0 Å². The van der Waals surface area contributed by atoms with Crippen molar-refractivity contribution in [2.45, 2.75) is 34.1 Å². The third-order valence-electron chi connectivity index (χ3n) is 3.30. The molecule has 0 aliphatic carbocycles. The highest BCUT2D eigenvalue weighted by Crippen LogP contribution is 2.17. The SMILES string of the molecule is CCOC(=O)C(C)Cc1ccc(N(CC)CC)cc1. The quantitative estimate of drug-likeness (QED) is 0.707. The first-order valence-corrected chi connectivity index (χ1v) is 7.12. The summed E-state index contributed by atoms with van der Waals surface area (Å²) in [6.45, 7) is 10.5. The van der Waals surface area contributed by atoms with Gasteiger partial charge in [-0.05, 0) is 44.9 Å². The number of hydrogen-bond donors (Lipinski definition) is 0. The van der Waals surface area contributed by atoms with Crippen LogP contribution in [0.3, 0.4) is 0 Å². The molecule has 0 saturated heterocycles. The Hall–Kier alpha value is -1.51. The third-order valence-corrected chi connectivity index (χ3v) is 3.30. The number of carbonyl (C=O) groups excluding carboxylic acids is 1. The first-order valence-electron chi connectivity index (χ1n) is 7.12. The molecule has 0 saturated carbocycles. The summed E-state index contributed by atoms with van der Waals surface area (Å²) in [5.74, 6) is -0.199. The lowest BCUT2D eigenvalue weighted by atomic mass is 10.0. The van der Waals surface area contributed by atoms with Crippen molar-refractivity contribution in [2.75, 3.05) is 24.6 Å². The standard InChI is InChI=1S/C16H25NO2/c1-5-17(6-2)15-10-8-14(9-11-15)12-13(4)16(18)19-7-3/h8-11,13H,5-7,12H2,1-4H3. The van der Waals surface area contributed by atoms with Crippen molar-refractivity contribution in [2.24, 2.45) is 5.92 Å². The molecule has 3 heteroatoms. The maximum Gasteiger partial charge on any atom is 0.308 e. The molecule has 0 radical (unpaired) electrons. The second-order valence-corrected chi connectivity index (χ2v) is 4.70. The lowest BCUT2D eigenvalue weighted by molar-refractivity contribution is -0.147. The maximum atomic E-state index is 11.6. The Morgan fingerprint density at radius 1 is 1.16 bits per heavy atom. The Morgan fingerprint density at radius 3 is 2.21 bits per heavy atom. The van der Waals surface area contributed by atoms with Crippen molar-refractivity contribution >= 4 is 11.7 Å². The summed E-state index contributed by atoms with van der Waals surface area (Å²) < 4.78 is 5.03. The zero-order valence-corrected chi connectivity index (χ0v) is 12.5. The van der Waals surface area contributed by atoms with Crippen molar-refractivity contribution in [3.05, 3.63) is 29.8 Å². The predicted octanol–water partition coefficient (Wildman–Crippen LogP) is 3.27. The Kier molecular flexibility index (Phi) is 6.40. The largest absolute Gasteiger partial charge is 0.466 e. The smallest absolute Gasteiger partial charge is 0.308 e. The van der Waals surface area contributed by atoms with Gasteiger partial charge in [0.25, 0.3) is 0 Å². The fraction of sp³-hybridized carbons (Fsp3) is 0.562. The summed E-state index contributed by atoms with van der Waals surface area (Å²) in [4.78, 5) is 13.9. The molecule has 3 nitrogen and oxygen atoms in total. The molecular weight excluding hydrogens is 238 g/mol. The highest BCUT2D eigenvalue weighted by molar-refractivity contribution is 5.72.